The molecule has 0 aliphatic heterocycles. The van der Waals surface area contributed by atoms with Crippen LogP contribution in [0.4, 0.5) is 30.8 Å². The molecule has 5 aromatic rings. The number of nitrogens with zero attached hydrogens (tertiary/aromatic N) is 5. The second-order valence-corrected chi connectivity index (χ2v) is 8.08. The minimum absolute atomic E-state index is 0.197. The summed E-state index contributed by atoms with van der Waals surface area (Å²) in [6, 6.07) is 12.5. The molecule has 0 amide bonds. The zero-order valence-electron chi connectivity index (χ0n) is 18.5. The van der Waals surface area contributed by atoms with Crippen molar-refractivity contribution in [2.24, 2.45) is 7.05 Å². The number of oxazole rings is 1. The van der Waals surface area contributed by atoms with Crippen LogP contribution < -0.4 is 15.4 Å². The van der Waals surface area contributed by atoms with Gasteiger partial charge in [0.05, 0.1) is 28.4 Å². The topological polar surface area (TPSA) is 103 Å². The van der Waals surface area contributed by atoms with E-state index in [4.69, 9.17) is 20.8 Å². The molecule has 0 saturated carbocycles. The lowest BCUT2D eigenvalue weighted by Crippen LogP contribution is -2.05. The van der Waals surface area contributed by atoms with Crippen LogP contribution in [0.25, 0.3) is 11.0 Å². The predicted octanol–water partition coefficient (Wildman–Crippen LogP) is 6.17. The second kappa shape index (κ2) is 9.38. The summed E-state index contributed by atoms with van der Waals surface area (Å²) in [4.78, 5) is 16.0. The van der Waals surface area contributed by atoms with Crippen LogP contribution in [-0.2, 0) is 19.8 Å². The molecule has 13 heteroatoms. The number of rotatable bonds is 7. The first-order chi connectivity index (χ1) is 17.2. The third-order valence-electron chi connectivity index (χ3n) is 5.11. The van der Waals surface area contributed by atoms with Crippen LogP contribution in [0, 0.1) is 0 Å². The van der Waals surface area contributed by atoms with E-state index < -0.39 is 11.9 Å². The lowest BCUT2D eigenvalue weighted by atomic mass is 10.2. The second-order valence-electron chi connectivity index (χ2n) is 7.64. The van der Waals surface area contributed by atoms with Crippen LogP contribution in [0.5, 0.6) is 11.8 Å². The molecule has 0 aliphatic rings. The molecule has 5 rings (SSSR count). The van der Waals surface area contributed by atoms with Gasteiger partial charge in [0.1, 0.15) is 12.0 Å². The molecule has 0 unspecified atom stereocenters. The molecule has 0 radical (unpaired) electrons. The Morgan fingerprint density at radius 3 is 2.50 bits per heavy atom. The minimum atomic E-state index is -4.57. The summed E-state index contributed by atoms with van der Waals surface area (Å²) >= 11 is 5.77. The summed E-state index contributed by atoms with van der Waals surface area (Å²) in [6.07, 6.45) is -1.10. The maximum Gasteiger partial charge on any atom is 0.436 e. The van der Waals surface area contributed by atoms with Gasteiger partial charge in [-0.1, -0.05) is 23.7 Å². The summed E-state index contributed by atoms with van der Waals surface area (Å²) in [7, 11) is 1.83. The van der Waals surface area contributed by atoms with Gasteiger partial charge in [0.25, 0.3) is 6.01 Å². The van der Waals surface area contributed by atoms with Crippen molar-refractivity contribution in [1.29, 1.82) is 0 Å². The van der Waals surface area contributed by atoms with E-state index in [9.17, 15) is 13.2 Å². The van der Waals surface area contributed by atoms with E-state index in [0.717, 1.165) is 11.1 Å². The molecule has 2 aromatic carbocycles. The highest BCUT2D eigenvalue weighted by Gasteiger charge is 2.34. The predicted molar refractivity (Wildman–Crippen MR) is 126 cm³/mol. The highest BCUT2D eigenvalue weighted by atomic mass is 35.5. The number of imidazole rings is 1. The lowest BCUT2D eigenvalue weighted by molar-refractivity contribution is -0.141. The number of anilines is 3. The Labute approximate surface area is 206 Å². The summed E-state index contributed by atoms with van der Waals surface area (Å²) < 4.78 is 50.5. The van der Waals surface area contributed by atoms with Gasteiger partial charge in [-0.25, -0.2) is 15.0 Å². The third kappa shape index (κ3) is 5.18. The minimum Gasteiger partial charge on any atom is -0.431 e. The van der Waals surface area contributed by atoms with Gasteiger partial charge in [0, 0.05) is 19.3 Å². The van der Waals surface area contributed by atoms with Crippen molar-refractivity contribution in [2.75, 3.05) is 10.6 Å². The van der Waals surface area contributed by atoms with E-state index in [2.05, 4.69) is 30.6 Å². The first-order valence-electron chi connectivity index (χ1n) is 10.5. The molecule has 0 bridgehead atoms. The number of aryl methyl sites for hydroxylation is 1. The number of hydrogen-bond acceptors (Lipinski definition) is 8. The first kappa shape index (κ1) is 23.4. The Kier molecular flexibility index (Phi) is 6.10. The van der Waals surface area contributed by atoms with Gasteiger partial charge in [0.2, 0.25) is 5.95 Å². The molecule has 36 heavy (non-hydrogen) atoms. The number of halogens is 4. The normalized spacial score (nSPS) is 11.6. The number of hydrogen-bond donors (Lipinski definition) is 2. The fourth-order valence-corrected chi connectivity index (χ4v) is 3.42. The third-order valence-corrected chi connectivity index (χ3v) is 5.30. The van der Waals surface area contributed by atoms with Crippen molar-refractivity contribution in [3.8, 4) is 11.8 Å². The van der Waals surface area contributed by atoms with Gasteiger partial charge in [0.15, 0.2) is 5.69 Å². The molecule has 0 atom stereocenters. The maximum atomic E-state index is 12.7. The van der Waals surface area contributed by atoms with Crippen molar-refractivity contribution in [1.82, 2.24) is 24.5 Å². The summed E-state index contributed by atoms with van der Waals surface area (Å²) in [5.41, 5.74) is 1.86. The fourth-order valence-electron chi connectivity index (χ4n) is 3.33. The smallest absolute Gasteiger partial charge is 0.431 e. The van der Waals surface area contributed by atoms with Crippen molar-refractivity contribution in [3.05, 3.63) is 77.4 Å². The number of fused-ring (bicyclic) bond motifs is 1. The zero-order chi connectivity index (χ0) is 25.3. The average Bonchev–Trinajstić information content (AvgIpc) is 3.45. The van der Waals surface area contributed by atoms with Crippen LogP contribution in [0.15, 0.2) is 65.5 Å². The molecule has 2 N–H and O–H groups in total. The van der Waals surface area contributed by atoms with Gasteiger partial charge in [-0.3, -0.25) is 0 Å². The highest BCUT2D eigenvalue weighted by molar-refractivity contribution is 6.30. The van der Waals surface area contributed by atoms with E-state index in [1.807, 2.05) is 23.7 Å². The van der Waals surface area contributed by atoms with E-state index in [0.29, 0.717) is 40.7 Å². The number of benzene rings is 2. The summed E-state index contributed by atoms with van der Waals surface area (Å²) in [6.45, 7) is 0.497. The zero-order valence-corrected chi connectivity index (χ0v) is 19.3. The molecule has 3 aromatic heterocycles. The maximum absolute atomic E-state index is 12.7. The Bertz CT molecular complexity index is 1500. The Morgan fingerprint density at radius 1 is 1.06 bits per heavy atom. The van der Waals surface area contributed by atoms with Crippen LogP contribution in [0.1, 0.15) is 11.3 Å². The monoisotopic (exact) mass is 515 g/mol. The van der Waals surface area contributed by atoms with Crippen LogP contribution in [-0.4, -0.2) is 24.5 Å². The SMILES string of the molecule is Cn1c(NCc2ccc(Oc3ncc(Cl)cn3)cc2)nc2ccc(Nc3nc(C(F)(F)F)co3)cc21. The number of aromatic nitrogens is 5. The van der Waals surface area contributed by atoms with E-state index in [-0.39, 0.29) is 12.0 Å². The average molecular weight is 516 g/mol. The molecular weight excluding hydrogens is 499 g/mol. The lowest BCUT2D eigenvalue weighted by Gasteiger charge is -2.08. The molecule has 3 heterocycles. The fraction of sp³-hybridized carbons (Fsp3) is 0.130. The van der Waals surface area contributed by atoms with Gasteiger partial charge < -0.3 is 24.4 Å². The van der Waals surface area contributed by atoms with Crippen LogP contribution >= 0.6 is 11.6 Å². The highest BCUT2D eigenvalue weighted by Crippen LogP contribution is 2.31. The number of nitrogens with one attached hydrogen (secondary N) is 2. The van der Waals surface area contributed by atoms with Crippen molar-refractivity contribution in [2.45, 2.75) is 12.7 Å². The molecule has 0 aliphatic carbocycles. The van der Waals surface area contributed by atoms with E-state index >= 15 is 0 Å². The molecule has 0 saturated heterocycles. The van der Waals surface area contributed by atoms with Gasteiger partial charge >= 0.3 is 12.2 Å². The molecular formula is C23H17ClF3N7O2. The quantitative estimate of drug-likeness (QED) is 0.265. The number of alkyl halides is 3. The van der Waals surface area contributed by atoms with Crippen LogP contribution in [0.3, 0.4) is 0 Å². The molecule has 0 spiro atoms. The first-order valence-corrected chi connectivity index (χ1v) is 10.9. The standard InChI is InChI=1S/C23H17ClF3N7O2/c1-34-18-8-15(31-22-33-19(12-35-22)23(25,26)27)4-7-17(18)32-20(34)28-9-13-2-5-16(6-3-13)36-21-29-10-14(24)11-30-21/h2-8,10-12H,9H2,1H3,(H,28,32)(H,31,33). The van der Waals surface area contributed by atoms with Crippen molar-refractivity contribution in [3.63, 3.8) is 0 Å². The van der Waals surface area contributed by atoms with Crippen molar-refractivity contribution >= 4 is 40.3 Å². The number of ether oxygens (including phenoxy) is 1. The Hall–Kier alpha value is -4.32. The Balaban J connectivity index is 1.24. The summed E-state index contributed by atoms with van der Waals surface area (Å²) in [5.74, 6) is 1.20. The molecule has 9 nitrogen and oxygen atoms in total. The molecule has 0 fully saturated rings. The van der Waals surface area contributed by atoms with Crippen LogP contribution in [0.2, 0.25) is 5.02 Å². The van der Waals surface area contributed by atoms with E-state index in [1.165, 1.54) is 12.4 Å². The van der Waals surface area contributed by atoms with Crippen molar-refractivity contribution < 1.29 is 22.3 Å². The molecule has 184 valence electrons. The van der Waals surface area contributed by atoms with E-state index in [1.54, 1.807) is 30.3 Å². The largest absolute Gasteiger partial charge is 0.436 e. The van der Waals surface area contributed by atoms with Gasteiger partial charge in [-0.05, 0) is 35.9 Å². The summed E-state index contributed by atoms with van der Waals surface area (Å²) in [5, 5.41) is 6.44. The van der Waals surface area contributed by atoms with Gasteiger partial charge in [-0.15, -0.1) is 0 Å². The Morgan fingerprint density at radius 2 is 1.81 bits per heavy atom. The van der Waals surface area contributed by atoms with Gasteiger partial charge in [-0.2, -0.15) is 18.2 Å².